The van der Waals surface area contributed by atoms with E-state index in [-0.39, 0.29) is 11.7 Å². The molecule has 2 aromatic heterocycles. The number of thioether (sulfide) groups is 1. The van der Waals surface area contributed by atoms with Crippen LogP contribution in [0.25, 0.3) is 10.2 Å². The van der Waals surface area contributed by atoms with Gasteiger partial charge in [0.1, 0.15) is 22.2 Å². The highest BCUT2D eigenvalue weighted by Gasteiger charge is 2.19. The van der Waals surface area contributed by atoms with Crippen molar-refractivity contribution in [2.24, 2.45) is 0 Å². The zero-order chi connectivity index (χ0) is 14.7. The normalized spacial score (nSPS) is 12.3. The van der Waals surface area contributed by atoms with E-state index in [0.29, 0.717) is 0 Å². The van der Waals surface area contributed by atoms with Gasteiger partial charge in [0, 0.05) is 22.9 Å². The number of hydrogen-bond donors (Lipinski definition) is 2. The van der Waals surface area contributed by atoms with Gasteiger partial charge in [0.25, 0.3) is 0 Å². The van der Waals surface area contributed by atoms with Gasteiger partial charge in [-0.3, -0.25) is 4.79 Å². The Labute approximate surface area is 123 Å². The first-order valence-electron chi connectivity index (χ1n) is 5.81. The van der Waals surface area contributed by atoms with Gasteiger partial charge < -0.3 is 10.4 Å². The van der Waals surface area contributed by atoms with E-state index < -0.39 is 12.0 Å². The molecule has 0 aliphatic carbocycles. The number of carboxylic acids is 1. The average molecular weight is 311 g/mol. The minimum atomic E-state index is -1.06. The van der Waals surface area contributed by atoms with Crippen molar-refractivity contribution >= 4 is 45.2 Å². The summed E-state index contributed by atoms with van der Waals surface area (Å²) in [5, 5.41) is 13.1. The van der Waals surface area contributed by atoms with Gasteiger partial charge in [-0.05, 0) is 13.0 Å². The van der Waals surface area contributed by atoms with Crippen molar-refractivity contribution in [1.29, 1.82) is 0 Å². The van der Waals surface area contributed by atoms with E-state index in [1.807, 2.05) is 13.0 Å². The molecular formula is C12H13N3O3S2. The van der Waals surface area contributed by atoms with Crippen molar-refractivity contribution in [3.8, 4) is 0 Å². The second-order valence-corrected chi connectivity index (χ2v) is 6.40. The maximum Gasteiger partial charge on any atom is 0.327 e. The maximum absolute atomic E-state index is 11.1. The molecule has 20 heavy (non-hydrogen) atoms. The third-order valence-electron chi connectivity index (χ3n) is 2.48. The number of aliphatic carboxylic acids is 1. The number of carbonyl (C=O) groups excluding carboxylic acids is 1. The van der Waals surface area contributed by atoms with Gasteiger partial charge in [0.15, 0.2) is 0 Å². The SMILES string of the molecule is CC(=O)N[C@@H](CSc1ncnc2sc(C)cc12)C(=O)O. The minimum Gasteiger partial charge on any atom is -0.480 e. The highest BCUT2D eigenvalue weighted by Crippen LogP contribution is 2.30. The third-order valence-corrected chi connectivity index (χ3v) is 4.54. The minimum absolute atomic E-state index is 0.218. The summed E-state index contributed by atoms with van der Waals surface area (Å²) < 4.78 is 0. The van der Waals surface area contributed by atoms with Crippen LogP contribution in [0.1, 0.15) is 11.8 Å². The van der Waals surface area contributed by atoms with Gasteiger partial charge in [-0.25, -0.2) is 14.8 Å². The fraction of sp³-hybridized carbons (Fsp3) is 0.333. The predicted octanol–water partition coefficient (Wildman–Crippen LogP) is 1.68. The summed E-state index contributed by atoms with van der Waals surface area (Å²) in [5.74, 6) is -1.20. The van der Waals surface area contributed by atoms with Crippen LogP contribution < -0.4 is 5.32 Å². The second kappa shape index (κ2) is 6.19. The molecule has 2 rings (SSSR count). The van der Waals surface area contributed by atoms with Gasteiger partial charge in [0.2, 0.25) is 5.91 Å². The lowest BCUT2D eigenvalue weighted by molar-refractivity contribution is -0.140. The topological polar surface area (TPSA) is 92.2 Å². The van der Waals surface area contributed by atoms with Gasteiger partial charge in [-0.2, -0.15) is 0 Å². The first-order valence-corrected chi connectivity index (χ1v) is 7.61. The van der Waals surface area contributed by atoms with Gasteiger partial charge >= 0.3 is 5.97 Å². The molecule has 0 radical (unpaired) electrons. The molecule has 0 unspecified atom stereocenters. The molecule has 8 heteroatoms. The van der Waals surface area contributed by atoms with Crippen molar-refractivity contribution in [1.82, 2.24) is 15.3 Å². The van der Waals surface area contributed by atoms with Crippen LogP contribution in [-0.4, -0.2) is 38.7 Å². The summed E-state index contributed by atoms with van der Waals surface area (Å²) in [6, 6.07) is 1.05. The number of aromatic nitrogens is 2. The second-order valence-electron chi connectivity index (χ2n) is 4.16. The van der Waals surface area contributed by atoms with Crippen LogP contribution in [0.5, 0.6) is 0 Å². The number of carboxylic acid groups (broad SMARTS) is 1. The number of carbonyl (C=O) groups is 2. The van der Waals surface area contributed by atoms with Crippen LogP contribution >= 0.6 is 23.1 Å². The molecule has 1 amide bonds. The molecule has 6 nitrogen and oxygen atoms in total. The largest absolute Gasteiger partial charge is 0.480 e. The monoisotopic (exact) mass is 311 g/mol. The number of fused-ring (bicyclic) bond motifs is 1. The number of thiophene rings is 1. The number of amides is 1. The molecule has 2 N–H and O–H groups in total. The van der Waals surface area contributed by atoms with Crippen LogP contribution in [-0.2, 0) is 9.59 Å². The molecule has 1 atom stereocenters. The standard InChI is InChI=1S/C12H13N3O3S2/c1-6-3-8-10(13-5-14-11(8)20-6)19-4-9(12(17)18)15-7(2)16/h3,5,9H,4H2,1-2H3,(H,15,16)(H,17,18)/t9-/m0/s1. The first-order chi connectivity index (χ1) is 9.47. The van der Waals surface area contributed by atoms with Crippen LogP contribution in [0, 0.1) is 6.92 Å². The van der Waals surface area contributed by atoms with Gasteiger partial charge in [0.05, 0.1) is 0 Å². The third kappa shape index (κ3) is 3.45. The fourth-order valence-corrected chi connectivity index (χ4v) is 3.55. The number of nitrogens with one attached hydrogen (secondary N) is 1. The molecule has 0 fully saturated rings. The molecule has 0 bridgehead atoms. The number of hydrogen-bond acceptors (Lipinski definition) is 6. The Morgan fingerprint density at radius 3 is 2.90 bits per heavy atom. The molecule has 0 aromatic carbocycles. The van der Waals surface area contributed by atoms with E-state index in [9.17, 15) is 9.59 Å². The van der Waals surface area contributed by atoms with Crippen molar-refractivity contribution in [3.63, 3.8) is 0 Å². The van der Waals surface area contributed by atoms with Crippen molar-refractivity contribution in [3.05, 3.63) is 17.3 Å². The Bertz CT molecular complexity index is 656. The molecule has 0 spiro atoms. The lowest BCUT2D eigenvalue weighted by atomic mass is 10.3. The summed E-state index contributed by atoms with van der Waals surface area (Å²) in [6.07, 6.45) is 1.47. The van der Waals surface area contributed by atoms with Crippen LogP contribution in [0.3, 0.4) is 0 Å². The Morgan fingerprint density at radius 2 is 2.25 bits per heavy atom. The fourth-order valence-electron chi connectivity index (χ4n) is 1.65. The van der Waals surface area contributed by atoms with Gasteiger partial charge in [-0.15, -0.1) is 23.1 Å². The average Bonchev–Trinajstić information content (AvgIpc) is 2.74. The number of nitrogens with zero attached hydrogens (tertiary/aromatic N) is 2. The molecule has 106 valence electrons. The summed E-state index contributed by atoms with van der Waals surface area (Å²) in [4.78, 5) is 32.4. The van der Waals surface area contributed by atoms with E-state index >= 15 is 0 Å². The molecular weight excluding hydrogens is 298 g/mol. The number of rotatable bonds is 5. The van der Waals surface area contributed by atoms with Crippen molar-refractivity contribution in [2.45, 2.75) is 24.9 Å². The van der Waals surface area contributed by atoms with E-state index in [1.165, 1.54) is 25.0 Å². The Balaban J connectivity index is 2.15. The zero-order valence-corrected chi connectivity index (χ0v) is 12.5. The summed E-state index contributed by atoms with van der Waals surface area (Å²) in [7, 11) is 0. The summed E-state index contributed by atoms with van der Waals surface area (Å²) in [6.45, 7) is 3.28. The molecule has 2 aromatic rings. The first kappa shape index (κ1) is 14.7. The molecule has 0 aliphatic rings. The molecule has 0 saturated carbocycles. The molecule has 0 saturated heterocycles. The van der Waals surface area contributed by atoms with Gasteiger partial charge in [-0.1, -0.05) is 0 Å². The van der Waals surface area contributed by atoms with E-state index in [2.05, 4.69) is 15.3 Å². The van der Waals surface area contributed by atoms with E-state index in [0.717, 1.165) is 20.1 Å². The Kier molecular flexibility index (Phi) is 4.56. The van der Waals surface area contributed by atoms with E-state index in [1.54, 1.807) is 11.3 Å². The quantitative estimate of drug-likeness (QED) is 0.645. The van der Waals surface area contributed by atoms with Crippen molar-refractivity contribution < 1.29 is 14.7 Å². The van der Waals surface area contributed by atoms with E-state index in [4.69, 9.17) is 5.11 Å². The van der Waals surface area contributed by atoms with Crippen LogP contribution in [0.2, 0.25) is 0 Å². The lowest BCUT2D eigenvalue weighted by Gasteiger charge is -2.12. The van der Waals surface area contributed by atoms with Crippen LogP contribution in [0.15, 0.2) is 17.4 Å². The smallest absolute Gasteiger partial charge is 0.327 e. The Hall–Kier alpha value is -1.67. The maximum atomic E-state index is 11.1. The molecule has 2 heterocycles. The Morgan fingerprint density at radius 1 is 1.50 bits per heavy atom. The number of aryl methyl sites for hydroxylation is 1. The lowest BCUT2D eigenvalue weighted by Crippen LogP contribution is -2.41. The predicted molar refractivity (Wildman–Crippen MR) is 78.1 cm³/mol. The summed E-state index contributed by atoms with van der Waals surface area (Å²) >= 11 is 2.87. The highest BCUT2D eigenvalue weighted by molar-refractivity contribution is 7.99. The molecule has 0 aliphatic heterocycles. The highest BCUT2D eigenvalue weighted by atomic mass is 32.2. The zero-order valence-electron chi connectivity index (χ0n) is 10.9. The summed E-state index contributed by atoms with van der Waals surface area (Å²) in [5.41, 5.74) is 0. The van der Waals surface area contributed by atoms with Crippen molar-refractivity contribution in [2.75, 3.05) is 5.75 Å². The van der Waals surface area contributed by atoms with Crippen LogP contribution in [0.4, 0.5) is 0 Å².